The van der Waals surface area contributed by atoms with Gasteiger partial charge in [0.05, 0.1) is 6.20 Å². The van der Waals surface area contributed by atoms with Gasteiger partial charge in [-0.25, -0.2) is 22.9 Å². The van der Waals surface area contributed by atoms with E-state index in [0.29, 0.717) is 12.2 Å². The van der Waals surface area contributed by atoms with Gasteiger partial charge in [0.1, 0.15) is 5.82 Å². The van der Waals surface area contributed by atoms with Crippen molar-refractivity contribution in [2.75, 3.05) is 6.54 Å². The van der Waals surface area contributed by atoms with Crippen molar-refractivity contribution in [1.82, 2.24) is 14.7 Å². The van der Waals surface area contributed by atoms with Crippen LogP contribution < -0.4 is 4.72 Å². The molecule has 0 aliphatic rings. The van der Waals surface area contributed by atoms with Gasteiger partial charge >= 0.3 is 5.97 Å². The van der Waals surface area contributed by atoms with E-state index < -0.39 is 28.6 Å². The first-order valence-electron chi connectivity index (χ1n) is 4.81. The van der Waals surface area contributed by atoms with Crippen LogP contribution in [0.25, 0.3) is 0 Å². The van der Waals surface area contributed by atoms with E-state index in [-0.39, 0.29) is 5.03 Å². The van der Waals surface area contributed by atoms with Crippen LogP contribution in [-0.4, -0.2) is 47.2 Å². The van der Waals surface area contributed by atoms with Crippen LogP contribution in [0.2, 0.25) is 0 Å². The van der Waals surface area contributed by atoms with Crippen molar-refractivity contribution in [3.63, 3.8) is 0 Å². The smallest absolute Gasteiger partial charge is 0.333 e. The second kappa shape index (κ2) is 5.25. The maximum absolute atomic E-state index is 11.6. The Hall–Kier alpha value is -1.45. The number of sulfonamides is 1. The maximum Gasteiger partial charge on any atom is 0.333 e. The van der Waals surface area contributed by atoms with Crippen molar-refractivity contribution >= 4 is 16.0 Å². The molecule has 17 heavy (non-hydrogen) atoms. The largest absolute Gasteiger partial charge is 0.479 e. The summed E-state index contributed by atoms with van der Waals surface area (Å²) >= 11 is 0. The van der Waals surface area contributed by atoms with Gasteiger partial charge in [0.15, 0.2) is 11.1 Å². The number of carbonyl (C=O) groups is 1. The van der Waals surface area contributed by atoms with E-state index in [2.05, 4.69) is 9.97 Å². The van der Waals surface area contributed by atoms with E-state index in [9.17, 15) is 13.2 Å². The lowest BCUT2D eigenvalue weighted by Crippen LogP contribution is -2.36. The molecule has 1 aromatic heterocycles. The molecule has 0 saturated carbocycles. The minimum Gasteiger partial charge on any atom is -0.479 e. The number of H-pyrrole nitrogens is 1. The first-order valence-corrected chi connectivity index (χ1v) is 6.29. The van der Waals surface area contributed by atoms with Crippen LogP contribution in [0.3, 0.4) is 0 Å². The minimum atomic E-state index is -3.87. The van der Waals surface area contributed by atoms with Crippen molar-refractivity contribution in [3.8, 4) is 0 Å². The Morgan fingerprint density at radius 1 is 1.65 bits per heavy atom. The molecule has 0 aromatic carbocycles. The first-order chi connectivity index (χ1) is 7.86. The number of rotatable bonds is 6. The molecule has 96 valence electrons. The lowest BCUT2D eigenvalue weighted by atomic mass is 10.4. The number of aliphatic carboxylic acids is 1. The van der Waals surface area contributed by atoms with Crippen molar-refractivity contribution in [2.24, 2.45) is 0 Å². The Kier molecular flexibility index (Phi) is 4.21. The molecular weight excluding hydrogens is 250 g/mol. The molecule has 0 aliphatic carbocycles. The summed E-state index contributed by atoms with van der Waals surface area (Å²) in [6.45, 7) is 1.20. The second-order valence-electron chi connectivity index (χ2n) is 3.25. The number of aryl methyl sites for hydroxylation is 1. The average molecular weight is 263 g/mol. The van der Waals surface area contributed by atoms with Crippen LogP contribution in [0.1, 0.15) is 12.7 Å². The highest BCUT2D eigenvalue weighted by atomic mass is 32.2. The van der Waals surface area contributed by atoms with E-state index in [1.54, 1.807) is 6.92 Å². The second-order valence-corrected chi connectivity index (χ2v) is 4.99. The van der Waals surface area contributed by atoms with Crippen molar-refractivity contribution in [1.29, 1.82) is 0 Å². The van der Waals surface area contributed by atoms with E-state index >= 15 is 0 Å². The summed E-state index contributed by atoms with van der Waals surface area (Å²) in [6, 6.07) is 0. The van der Waals surface area contributed by atoms with Gasteiger partial charge in [-0.2, -0.15) is 0 Å². The summed E-state index contributed by atoms with van der Waals surface area (Å²) in [7, 11) is -3.87. The fourth-order valence-corrected chi connectivity index (χ4v) is 1.99. The fourth-order valence-electron chi connectivity index (χ4n) is 1.01. The number of nitrogens with zero attached hydrogens (tertiary/aromatic N) is 1. The Morgan fingerprint density at radius 3 is 2.76 bits per heavy atom. The van der Waals surface area contributed by atoms with E-state index in [4.69, 9.17) is 10.2 Å². The molecule has 1 aromatic rings. The number of carboxylic acids is 1. The number of aliphatic hydroxyl groups is 1. The zero-order valence-corrected chi connectivity index (χ0v) is 9.86. The Morgan fingerprint density at radius 2 is 2.29 bits per heavy atom. The topological polar surface area (TPSA) is 132 Å². The molecule has 0 saturated heterocycles. The van der Waals surface area contributed by atoms with E-state index in [1.165, 1.54) is 0 Å². The molecule has 4 N–H and O–H groups in total. The highest BCUT2D eigenvalue weighted by molar-refractivity contribution is 7.89. The lowest BCUT2D eigenvalue weighted by molar-refractivity contribution is -0.146. The van der Waals surface area contributed by atoms with Gasteiger partial charge in [-0.05, 0) is 0 Å². The SMILES string of the molecule is CCc1ncc(S(=O)(=O)NC[C@H](O)C(=O)O)[nH]1. The van der Waals surface area contributed by atoms with Crippen molar-refractivity contribution in [2.45, 2.75) is 24.5 Å². The van der Waals surface area contributed by atoms with Gasteiger partial charge in [-0.3, -0.25) is 0 Å². The van der Waals surface area contributed by atoms with Crippen molar-refractivity contribution in [3.05, 3.63) is 12.0 Å². The Bertz CT molecular complexity index is 495. The molecule has 0 unspecified atom stereocenters. The van der Waals surface area contributed by atoms with Crippen LogP contribution in [0.5, 0.6) is 0 Å². The summed E-state index contributed by atoms with van der Waals surface area (Å²) < 4.78 is 25.2. The van der Waals surface area contributed by atoms with Gasteiger partial charge in [-0.1, -0.05) is 6.92 Å². The third-order valence-electron chi connectivity index (χ3n) is 1.98. The third-order valence-corrected chi connectivity index (χ3v) is 3.31. The summed E-state index contributed by atoms with van der Waals surface area (Å²) in [6.07, 6.45) is -0.0972. The summed E-state index contributed by atoms with van der Waals surface area (Å²) in [5.74, 6) is -0.990. The maximum atomic E-state index is 11.6. The molecule has 1 heterocycles. The summed E-state index contributed by atoms with van der Waals surface area (Å²) in [5.41, 5.74) is 0. The number of hydrogen-bond acceptors (Lipinski definition) is 5. The number of aliphatic hydroxyl groups excluding tert-OH is 1. The first kappa shape index (κ1) is 13.6. The molecule has 0 amide bonds. The Balaban J connectivity index is 2.72. The number of nitrogens with one attached hydrogen (secondary N) is 2. The molecule has 0 radical (unpaired) electrons. The molecule has 0 bridgehead atoms. The molecule has 9 heteroatoms. The van der Waals surface area contributed by atoms with Crippen LogP contribution in [0, 0.1) is 0 Å². The third kappa shape index (κ3) is 3.51. The van der Waals surface area contributed by atoms with Gasteiger partial charge in [0, 0.05) is 13.0 Å². The van der Waals surface area contributed by atoms with Crippen LogP contribution in [0.15, 0.2) is 11.2 Å². The lowest BCUT2D eigenvalue weighted by Gasteiger charge is -2.06. The van der Waals surface area contributed by atoms with Crippen LogP contribution in [-0.2, 0) is 21.2 Å². The monoisotopic (exact) mass is 263 g/mol. The zero-order valence-electron chi connectivity index (χ0n) is 9.04. The zero-order chi connectivity index (χ0) is 13.1. The van der Waals surface area contributed by atoms with Crippen LogP contribution >= 0.6 is 0 Å². The Labute approximate surface area is 97.7 Å². The number of carboxylic acid groups (broad SMARTS) is 1. The van der Waals surface area contributed by atoms with Crippen LogP contribution in [0.4, 0.5) is 0 Å². The number of imidazole rings is 1. The fraction of sp³-hybridized carbons (Fsp3) is 0.500. The molecule has 1 rings (SSSR count). The van der Waals surface area contributed by atoms with Crippen molar-refractivity contribution < 1.29 is 23.4 Å². The number of hydrogen-bond donors (Lipinski definition) is 4. The molecule has 8 nitrogen and oxygen atoms in total. The minimum absolute atomic E-state index is 0.160. The van der Waals surface area contributed by atoms with E-state index in [1.807, 2.05) is 4.72 Å². The van der Waals surface area contributed by atoms with Gasteiger partial charge in [-0.15, -0.1) is 0 Å². The van der Waals surface area contributed by atoms with E-state index in [0.717, 1.165) is 6.20 Å². The standard InChI is InChI=1S/C8H13N3O5S/c1-2-6-9-4-7(11-6)17(15,16)10-3-5(12)8(13)14/h4-5,10,12H,2-3H2,1H3,(H,9,11)(H,13,14)/t5-/m0/s1. The summed E-state index contributed by atoms with van der Waals surface area (Å²) in [5, 5.41) is 17.2. The molecule has 1 atom stereocenters. The molecule has 0 fully saturated rings. The number of aromatic nitrogens is 2. The summed E-state index contributed by atoms with van der Waals surface area (Å²) in [4.78, 5) is 16.7. The normalized spacial score (nSPS) is 13.5. The molecule has 0 aliphatic heterocycles. The predicted octanol–water partition coefficient (Wildman–Crippen LogP) is -1.30. The van der Waals surface area contributed by atoms with Gasteiger partial charge in [0.25, 0.3) is 10.0 Å². The number of aromatic amines is 1. The quantitative estimate of drug-likeness (QED) is 0.504. The molecular formula is C8H13N3O5S. The van der Waals surface area contributed by atoms with Gasteiger partial charge in [0.2, 0.25) is 0 Å². The predicted molar refractivity (Wildman–Crippen MR) is 56.8 cm³/mol. The molecule has 0 spiro atoms. The van der Waals surface area contributed by atoms with Gasteiger partial charge < -0.3 is 15.2 Å². The highest BCUT2D eigenvalue weighted by Gasteiger charge is 2.20. The average Bonchev–Trinajstić information content (AvgIpc) is 2.75. The highest BCUT2D eigenvalue weighted by Crippen LogP contribution is 2.05.